The maximum Gasteiger partial charge on any atom is 0.0244 e. The third kappa shape index (κ3) is 3.46. The van der Waals surface area contributed by atoms with Crippen molar-refractivity contribution >= 4 is 0 Å². The molecule has 0 amide bonds. The Morgan fingerprint density at radius 1 is 1.17 bits per heavy atom. The first-order valence-corrected chi connectivity index (χ1v) is 7.83. The highest BCUT2D eigenvalue weighted by Gasteiger charge is 2.29. The smallest absolute Gasteiger partial charge is 0.0244 e. The van der Waals surface area contributed by atoms with Gasteiger partial charge < -0.3 is 15.5 Å². The van der Waals surface area contributed by atoms with Gasteiger partial charge >= 0.3 is 0 Å². The van der Waals surface area contributed by atoms with E-state index in [9.17, 15) is 0 Å². The summed E-state index contributed by atoms with van der Waals surface area (Å²) in [4.78, 5) is 5.08. The van der Waals surface area contributed by atoms with Crippen molar-refractivity contribution in [1.29, 1.82) is 0 Å². The molecule has 0 aromatic heterocycles. The van der Waals surface area contributed by atoms with Crippen LogP contribution in [0.15, 0.2) is 0 Å². The van der Waals surface area contributed by atoms with Crippen molar-refractivity contribution in [2.24, 2.45) is 11.7 Å². The predicted molar refractivity (Wildman–Crippen MR) is 77.7 cm³/mol. The SMILES string of the molecule is CN1CCCC1CN(C)C(CN)C1CCCCC1. The van der Waals surface area contributed by atoms with Gasteiger partial charge in [0.1, 0.15) is 0 Å². The average molecular weight is 253 g/mol. The quantitative estimate of drug-likeness (QED) is 0.812. The van der Waals surface area contributed by atoms with Gasteiger partial charge in [-0.25, -0.2) is 0 Å². The molecule has 1 saturated carbocycles. The van der Waals surface area contributed by atoms with Gasteiger partial charge in [0.25, 0.3) is 0 Å². The van der Waals surface area contributed by atoms with E-state index in [1.54, 1.807) is 0 Å². The van der Waals surface area contributed by atoms with E-state index < -0.39 is 0 Å². The van der Waals surface area contributed by atoms with Crippen LogP contribution in [-0.4, -0.2) is 55.6 Å². The Labute approximate surface area is 113 Å². The molecule has 0 bridgehead atoms. The minimum absolute atomic E-state index is 0.610. The van der Waals surface area contributed by atoms with Gasteiger partial charge in [-0.3, -0.25) is 0 Å². The minimum atomic E-state index is 0.610. The van der Waals surface area contributed by atoms with Crippen LogP contribution in [0.5, 0.6) is 0 Å². The molecule has 2 atom stereocenters. The number of likely N-dealkylation sites (N-methyl/N-ethyl adjacent to an activating group) is 2. The summed E-state index contributed by atoms with van der Waals surface area (Å²) in [6.07, 6.45) is 9.79. The molecule has 2 N–H and O–H groups in total. The van der Waals surface area contributed by atoms with Crippen LogP contribution in [0.1, 0.15) is 44.9 Å². The van der Waals surface area contributed by atoms with E-state index in [0.717, 1.165) is 18.5 Å². The van der Waals surface area contributed by atoms with Crippen LogP contribution >= 0.6 is 0 Å². The number of nitrogens with zero attached hydrogens (tertiary/aromatic N) is 2. The lowest BCUT2D eigenvalue weighted by molar-refractivity contribution is 0.120. The maximum absolute atomic E-state index is 6.06. The van der Waals surface area contributed by atoms with Gasteiger partial charge in [0.15, 0.2) is 0 Å². The lowest BCUT2D eigenvalue weighted by Gasteiger charge is -2.38. The van der Waals surface area contributed by atoms with Crippen molar-refractivity contribution in [1.82, 2.24) is 9.80 Å². The minimum Gasteiger partial charge on any atom is -0.329 e. The monoisotopic (exact) mass is 253 g/mol. The van der Waals surface area contributed by atoms with E-state index >= 15 is 0 Å². The van der Waals surface area contributed by atoms with Crippen LogP contribution in [0.4, 0.5) is 0 Å². The van der Waals surface area contributed by atoms with E-state index in [1.807, 2.05) is 0 Å². The fraction of sp³-hybridized carbons (Fsp3) is 1.00. The molecule has 0 radical (unpaired) electrons. The number of rotatable bonds is 5. The van der Waals surface area contributed by atoms with E-state index in [0.29, 0.717) is 6.04 Å². The molecule has 106 valence electrons. The zero-order valence-electron chi connectivity index (χ0n) is 12.3. The van der Waals surface area contributed by atoms with E-state index in [2.05, 4.69) is 23.9 Å². The summed E-state index contributed by atoms with van der Waals surface area (Å²) in [5, 5.41) is 0. The molecule has 3 nitrogen and oxygen atoms in total. The molecule has 3 heteroatoms. The normalized spacial score (nSPS) is 29.0. The third-order valence-corrected chi connectivity index (χ3v) is 5.17. The zero-order valence-corrected chi connectivity index (χ0v) is 12.3. The fourth-order valence-corrected chi connectivity index (χ4v) is 3.93. The molecule has 1 heterocycles. The Morgan fingerprint density at radius 2 is 1.89 bits per heavy atom. The molecule has 1 aliphatic heterocycles. The second-order valence-corrected chi connectivity index (χ2v) is 6.42. The Bertz CT molecular complexity index is 238. The summed E-state index contributed by atoms with van der Waals surface area (Å²) in [7, 11) is 4.56. The van der Waals surface area contributed by atoms with Gasteiger partial charge in [0.2, 0.25) is 0 Å². The maximum atomic E-state index is 6.06. The fourth-order valence-electron chi connectivity index (χ4n) is 3.93. The largest absolute Gasteiger partial charge is 0.329 e. The highest BCUT2D eigenvalue weighted by atomic mass is 15.2. The first-order chi connectivity index (χ1) is 8.72. The third-order valence-electron chi connectivity index (χ3n) is 5.17. The Kier molecular flexibility index (Phi) is 5.46. The number of nitrogens with two attached hydrogens (primary N) is 1. The summed E-state index contributed by atoms with van der Waals surface area (Å²) >= 11 is 0. The summed E-state index contributed by atoms with van der Waals surface area (Å²) < 4.78 is 0. The lowest BCUT2D eigenvalue weighted by atomic mass is 9.83. The second kappa shape index (κ2) is 6.88. The van der Waals surface area contributed by atoms with Crippen LogP contribution < -0.4 is 5.73 Å². The van der Waals surface area contributed by atoms with Crippen molar-refractivity contribution in [3.63, 3.8) is 0 Å². The van der Waals surface area contributed by atoms with Gasteiger partial charge in [-0.1, -0.05) is 19.3 Å². The van der Waals surface area contributed by atoms with Crippen molar-refractivity contribution in [3.8, 4) is 0 Å². The van der Waals surface area contributed by atoms with Gasteiger partial charge in [-0.2, -0.15) is 0 Å². The molecule has 1 saturated heterocycles. The number of likely N-dealkylation sites (tertiary alicyclic amines) is 1. The second-order valence-electron chi connectivity index (χ2n) is 6.42. The van der Waals surface area contributed by atoms with Crippen molar-refractivity contribution in [3.05, 3.63) is 0 Å². The van der Waals surface area contributed by atoms with Crippen molar-refractivity contribution in [2.45, 2.75) is 57.0 Å². The molecular formula is C15H31N3. The summed E-state index contributed by atoms with van der Waals surface area (Å²) in [6, 6.07) is 1.37. The molecule has 0 aromatic rings. The summed E-state index contributed by atoms with van der Waals surface area (Å²) in [6.45, 7) is 3.31. The van der Waals surface area contributed by atoms with Gasteiger partial charge in [-0.15, -0.1) is 0 Å². The van der Waals surface area contributed by atoms with E-state index in [4.69, 9.17) is 5.73 Å². The van der Waals surface area contributed by atoms with Crippen LogP contribution in [0.2, 0.25) is 0 Å². The molecule has 18 heavy (non-hydrogen) atoms. The predicted octanol–water partition coefficient (Wildman–Crippen LogP) is 1.92. The number of hydrogen-bond acceptors (Lipinski definition) is 3. The van der Waals surface area contributed by atoms with Crippen LogP contribution in [0.25, 0.3) is 0 Å². The highest BCUT2D eigenvalue weighted by molar-refractivity contribution is 4.85. The van der Waals surface area contributed by atoms with Gasteiger partial charge in [-0.05, 0) is 52.2 Å². The molecule has 1 aliphatic carbocycles. The highest BCUT2D eigenvalue weighted by Crippen LogP contribution is 2.29. The molecule has 0 aromatic carbocycles. The topological polar surface area (TPSA) is 32.5 Å². The van der Waals surface area contributed by atoms with E-state index in [-0.39, 0.29) is 0 Å². The Hall–Kier alpha value is -0.120. The first kappa shape index (κ1) is 14.3. The van der Waals surface area contributed by atoms with Crippen LogP contribution in [0, 0.1) is 5.92 Å². The molecule has 0 spiro atoms. The Morgan fingerprint density at radius 3 is 2.44 bits per heavy atom. The lowest BCUT2D eigenvalue weighted by Crippen LogP contribution is -2.48. The molecule has 2 aliphatic rings. The van der Waals surface area contributed by atoms with Crippen LogP contribution in [0.3, 0.4) is 0 Å². The van der Waals surface area contributed by atoms with Crippen molar-refractivity contribution in [2.75, 3.05) is 33.7 Å². The van der Waals surface area contributed by atoms with Gasteiger partial charge in [0.05, 0.1) is 0 Å². The summed E-state index contributed by atoms with van der Waals surface area (Å²) in [5.74, 6) is 0.848. The molecule has 2 unspecified atom stereocenters. The molecule has 2 rings (SSSR count). The van der Waals surface area contributed by atoms with Crippen molar-refractivity contribution < 1.29 is 0 Å². The number of hydrogen-bond donors (Lipinski definition) is 1. The molecule has 2 fully saturated rings. The van der Waals surface area contributed by atoms with E-state index in [1.165, 1.54) is 58.0 Å². The van der Waals surface area contributed by atoms with Gasteiger partial charge in [0, 0.05) is 25.2 Å². The zero-order chi connectivity index (χ0) is 13.0. The Balaban J connectivity index is 1.85. The van der Waals surface area contributed by atoms with Crippen LogP contribution in [-0.2, 0) is 0 Å². The summed E-state index contributed by atoms with van der Waals surface area (Å²) in [5.41, 5.74) is 6.06. The first-order valence-electron chi connectivity index (χ1n) is 7.83. The standard InChI is InChI=1S/C15H31N3/c1-17-10-6-9-14(17)12-18(2)15(11-16)13-7-4-3-5-8-13/h13-15H,3-12,16H2,1-2H3. The molecular weight excluding hydrogens is 222 g/mol. The average Bonchev–Trinajstić information content (AvgIpc) is 2.77.